The highest BCUT2D eigenvalue weighted by atomic mass is 32.2. The lowest BCUT2D eigenvalue weighted by molar-refractivity contribution is 0.902. The molecule has 0 spiro atoms. The number of hydrogen-bond acceptors (Lipinski definition) is 5. The minimum absolute atomic E-state index is 0.313. The molecule has 0 atom stereocenters. The molecule has 0 aliphatic carbocycles. The van der Waals surface area contributed by atoms with E-state index in [2.05, 4.69) is 16.0 Å². The number of aromatic nitrogens is 2. The van der Waals surface area contributed by atoms with Crippen molar-refractivity contribution in [2.24, 2.45) is 0 Å². The number of aryl methyl sites for hydroxylation is 2. The first-order valence-corrected chi connectivity index (χ1v) is 6.65. The predicted molar refractivity (Wildman–Crippen MR) is 75.8 cm³/mol. The van der Waals surface area contributed by atoms with Crippen LogP contribution in [-0.4, -0.2) is 9.97 Å². The molecule has 1 heterocycles. The summed E-state index contributed by atoms with van der Waals surface area (Å²) in [5, 5.41) is 9.47. The molecule has 1 aromatic heterocycles. The van der Waals surface area contributed by atoms with Gasteiger partial charge in [0.05, 0.1) is 12.5 Å². The van der Waals surface area contributed by atoms with Crippen molar-refractivity contribution < 1.29 is 0 Å². The zero-order chi connectivity index (χ0) is 13.8. The third-order valence-corrected chi connectivity index (χ3v) is 3.41. The van der Waals surface area contributed by atoms with E-state index in [9.17, 15) is 0 Å². The van der Waals surface area contributed by atoms with Gasteiger partial charge in [0.25, 0.3) is 0 Å². The second-order valence-electron chi connectivity index (χ2n) is 4.23. The fraction of sp³-hybridized carbons (Fsp3) is 0.214. The smallest absolute Gasteiger partial charge is 0.192 e. The maximum atomic E-state index is 8.76. The zero-order valence-corrected chi connectivity index (χ0v) is 11.7. The molecule has 0 fully saturated rings. The van der Waals surface area contributed by atoms with Crippen molar-refractivity contribution in [3.8, 4) is 6.07 Å². The number of nitrogens with two attached hydrogens (primary N) is 1. The molecule has 0 aliphatic rings. The average Bonchev–Trinajstić information content (AvgIpc) is 2.32. The topological polar surface area (TPSA) is 75.6 Å². The van der Waals surface area contributed by atoms with Crippen LogP contribution in [0.4, 0.5) is 5.69 Å². The Morgan fingerprint density at radius 1 is 1.21 bits per heavy atom. The largest absolute Gasteiger partial charge is 0.398 e. The maximum absolute atomic E-state index is 8.76. The van der Waals surface area contributed by atoms with E-state index in [0.717, 1.165) is 21.8 Å². The van der Waals surface area contributed by atoms with Crippen LogP contribution in [0.3, 0.4) is 0 Å². The number of benzene rings is 1. The molecule has 0 bridgehead atoms. The summed E-state index contributed by atoms with van der Waals surface area (Å²) in [5.74, 6) is 0. The van der Waals surface area contributed by atoms with E-state index in [0.29, 0.717) is 17.3 Å². The molecule has 0 amide bonds. The Labute approximate surface area is 116 Å². The van der Waals surface area contributed by atoms with Gasteiger partial charge in [-0.05, 0) is 55.4 Å². The summed E-state index contributed by atoms with van der Waals surface area (Å²) < 4.78 is 0. The normalized spacial score (nSPS) is 10.2. The lowest BCUT2D eigenvalue weighted by atomic mass is 10.1. The Bertz CT molecular complexity index is 626. The highest BCUT2D eigenvalue weighted by Crippen LogP contribution is 2.28. The van der Waals surface area contributed by atoms with Crippen LogP contribution in [0.5, 0.6) is 0 Å². The van der Waals surface area contributed by atoms with Crippen molar-refractivity contribution in [2.45, 2.75) is 30.3 Å². The molecular weight excluding hydrogens is 256 g/mol. The quantitative estimate of drug-likeness (QED) is 0.685. The Morgan fingerprint density at radius 2 is 1.89 bits per heavy atom. The lowest BCUT2D eigenvalue weighted by Gasteiger charge is -2.06. The predicted octanol–water partition coefficient (Wildman–Crippen LogP) is 2.89. The van der Waals surface area contributed by atoms with E-state index < -0.39 is 0 Å². The second-order valence-corrected chi connectivity index (χ2v) is 5.27. The van der Waals surface area contributed by atoms with E-state index in [-0.39, 0.29) is 0 Å². The van der Waals surface area contributed by atoms with Gasteiger partial charge in [-0.2, -0.15) is 5.26 Å². The molecule has 0 saturated carbocycles. The van der Waals surface area contributed by atoms with Gasteiger partial charge in [-0.1, -0.05) is 0 Å². The maximum Gasteiger partial charge on any atom is 0.192 e. The Morgan fingerprint density at radius 3 is 2.53 bits per heavy atom. The molecule has 96 valence electrons. The first-order valence-electron chi connectivity index (χ1n) is 5.84. The molecule has 0 radical (unpaired) electrons. The second kappa shape index (κ2) is 5.72. The van der Waals surface area contributed by atoms with Crippen molar-refractivity contribution in [1.29, 1.82) is 5.26 Å². The Kier molecular flexibility index (Phi) is 4.03. The summed E-state index contributed by atoms with van der Waals surface area (Å²) in [6.07, 6.45) is 0.313. The van der Waals surface area contributed by atoms with Crippen LogP contribution in [0.1, 0.15) is 17.0 Å². The molecule has 0 saturated heterocycles. The van der Waals surface area contributed by atoms with E-state index >= 15 is 0 Å². The molecule has 0 aliphatic heterocycles. The molecule has 5 heteroatoms. The van der Waals surface area contributed by atoms with Crippen LogP contribution in [0.2, 0.25) is 0 Å². The van der Waals surface area contributed by atoms with E-state index in [1.54, 1.807) is 0 Å². The first kappa shape index (κ1) is 13.4. The third kappa shape index (κ3) is 3.46. The lowest BCUT2D eigenvalue weighted by Crippen LogP contribution is -1.95. The van der Waals surface area contributed by atoms with Gasteiger partial charge in [0.2, 0.25) is 0 Å². The van der Waals surface area contributed by atoms with Crippen LogP contribution in [0.15, 0.2) is 34.3 Å². The number of nitrogens with zero attached hydrogens (tertiary/aromatic N) is 3. The summed E-state index contributed by atoms with van der Waals surface area (Å²) in [5.41, 5.74) is 9.21. The number of nitrogen functional groups attached to an aromatic ring is 1. The molecule has 2 rings (SSSR count). The van der Waals surface area contributed by atoms with E-state index in [4.69, 9.17) is 11.0 Å². The van der Waals surface area contributed by atoms with Crippen molar-refractivity contribution in [3.05, 3.63) is 41.2 Å². The molecule has 19 heavy (non-hydrogen) atoms. The van der Waals surface area contributed by atoms with Gasteiger partial charge in [-0.3, -0.25) is 0 Å². The average molecular weight is 270 g/mol. The Hall–Kier alpha value is -2.06. The van der Waals surface area contributed by atoms with Crippen molar-refractivity contribution >= 4 is 17.4 Å². The molecule has 4 nitrogen and oxygen atoms in total. The molecule has 2 N–H and O–H groups in total. The molecule has 1 aromatic carbocycles. The Balaban J connectivity index is 2.28. The SMILES string of the molecule is Cc1cc(C)nc(Sc2ccc(N)c(CC#N)c2)n1. The summed E-state index contributed by atoms with van der Waals surface area (Å²) in [4.78, 5) is 9.76. The summed E-state index contributed by atoms with van der Waals surface area (Å²) in [6, 6.07) is 9.71. The fourth-order valence-corrected chi connectivity index (χ4v) is 2.66. The minimum Gasteiger partial charge on any atom is -0.398 e. The molecule has 2 aromatic rings. The van der Waals surface area contributed by atoms with Gasteiger partial charge < -0.3 is 5.73 Å². The summed E-state index contributed by atoms with van der Waals surface area (Å²) >= 11 is 1.48. The molecule has 0 unspecified atom stereocenters. The number of nitriles is 1. The van der Waals surface area contributed by atoms with Crippen LogP contribution >= 0.6 is 11.8 Å². The van der Waals surface area contributed by atoms with Crippen LogP contribution < -0.4 is 5.73 Å². The first-order chi connectivity index (χ1) is 9.08. The third-order valence-electron chi connectivity index (χ3n) is 2.55. The summed E-state index contributed by atoms with van der Waals surface area (Å²) in [7, 11) is 0. The van der Waals surface area contributed by atoms with E-state index in [1.807, 2.05) is 38.1 Å². The minimum atomic E-state index is 0.313. The number of rotatable bonds is 3. The van der Waals surface area contributed by atoms with Crippen LogP contribution in [0.25, 0.3) is 0 Å². The van der Waals surface area contributed by atoms with Gasteiger partial charge in [-0.25, -0.2) is 9.97 Å². The van der Waals surface area contributed by atoms with Crippen LogP contribution in [-0.2, 0) is 6.42 Å². The standard InChI is InChI=1S/C14H14N4S/c1-9-7-10(2)18-14(17-9)19-12-3-4-13(16)11(8-12)5-6-15/h3-4,7-8H,5,16H2,1-2H3. The van der Waals surface area contributed by atoms with Gasteiger partial charge in [0.1, 0.15) is 0 Å². The number of anilines is 1. The fourth-order valence-electron chi connectivity index (χ4n) is 1.73. The number of hydrogen-bond donors (Lipinski definition) is 1. The highest BCUT2D eigenvalue weighted by Gasteiger charge is 2.05. The monoisotopic (exact) mass is 270 g/mol. The molecular formula is C14H14N4S. The van der Waals surface area contributed by atoms with Crippen molar-refractivity contribution in [1.82, 2.24) is 9.97 Å². The van der Waals surface area contributed by atoms with E-state index in [1.165, 1.54) is 11.8 Å². The van der Waals surface area contributed by atoms with Gasteiger partial charge in [-0.15, -0.1) is 0 Å². The van der Waals surface area contributed by atoms with Gasteiger partial charge in [0, 0.05) is 22.0 Å². The highest BCUT2D eigenvalue weighted by molar-refractivity contribution is 7.99. The zero-order valence-electron chi connectivity index (χ0n) is 10.8. The van der Waals surface area contributed by atoms with Crippen molar-refractivity contribution in [2.75, 3.05) is 5.73 Å². The summed E-state index contributed by atoms with van der Waals surface area (Å²) in [6.45, 7) is 3.89. The van der Waals surface area contributed by atoms with Crippen LogP contribution in [0, 0.1) is 25.2 Å². The van der Waals surface area contributed by atoms with Gasteiger partial charge >= 0.3 is 0 Å². The van der Waals surface area contributed by atoms with Crippen molar-refractivity contribution in [3.63, 3.8) is 0 Å². The van der Waals surface area contributed by atoms with Gasteiger partial charge in [0.15, 0.2) is 5.16 Å².